The van der Waals surface area contributed by atoms with Gasteiger partial charge in [-0.3, -0.25) is 0 Å². The van der Waals surface area contributed by atoms with Crippen molar-refractivity contribution >= 4 is 28.6 Å². The average Bonchev–Trinajstić information content (AvgIpc) is 2.41. The van der Waals surface area contributed by atoms with Crippen molar-refractivity contribution in [3.05, 3.63) is 53.8 Å². The maximum Gasteiger partial charge on any atom is 0.145 e. The van der Waals surface area contributed by atoms with Gasteiger partial charge in [-0.25, -0.2) is 4.39 Å². The van der Waals surface area contributed by atoms with Gasteiger partial charge in [-0.1, -0.05) is 12.2 Å². The highest BCUT2D eigenvalue weighted by Gasteiger charge is 2.05. The molecule has 0 aromatic heterocycles. The number of thiocarbonyl (C=S) groups is 1. The molecule has 0 atom stereocenters. The molecule has 2 rings (SSSR count). The molecule has 0 aliphatic carbocycles. The van der Waals surface area contributed by atoms with Gasteiger partial charge in [-0.15, -0.1) is 0 Å². The lowest BCUT2D eigenvalue weighted by molar-refractivity contribution is 0.413. The zero-order chi connectivity index (χ0) is 13.8. The molecule has 5 heteroatoms. The standard InChI is InChI=1S/C14H13FN2OS/c1-18-13-8-10(15)4-7-12(13)17-11-5-2-9(3-6-11)14(16)19/h2-8,17H,1H3,(H2,16,19). The molecule has 19 heavy (non-hydrogen) atoms. The summed E-state index contributed by atoms with van der Waals surface area (Å²) in [6.45, 7) is 0. The monoisotopic (exact) mass is 276 g/mol. The number of methoxy groups -OCH3 is 1. The third-order valence-corrected chi connectivity index (χ3v) is 2.85. The normalized spacial score (nSPS) is 10.0. The van der Waals surface area contributed by atoms with E-state index in [1.165, 1.54) is 19.2 Å². The number of benzene rings is 2. The minimum absolute atomic E-state index is 0.341. The average molecular weight is 276 g/mol. The topological polar surface area (TPSA) is 47.3 Å². The largest absolute Gasteiger partial charge is 0.494 e. The summed E-state index contributed by atoms with van der Waals surface area (Å²) < 4.78 is 18.2. The third-order valence-electron chi connectivity index (χ3n) is 2.61. The molecular formula is C14H13FN2OS. The van der Waals surface area contributed by atoms with E-state index < -0.39 is 0 Å². The highest BCUT2D eigenvalue weighted by atomic mass is 32.1. The zero-order valence-corrected chi connectivity index (χ0v) is 11.1. The summed E-state index contributed by atoms with van der Waals surface area (Å²) in [5.74, 6) is 0.102. The lowest BCUT2D eigenvalue weighted by Crippen LogP contribution is -2.08. The molecule has 0 aliphatic heterocycles. The first-order chi connectivity index (χ1) is 9.10. The number of rotatable bonds is 4. The summed E-state index contributed by atoms with van der Waals surface area (Å²) >= 11 is 4.88. The molecule has 3 nitrogen and oxygen atoms in total. The molecule has 0 spiro atoms. The Morgan fingerprint density at radius 1 is 1.21 bits per heavy atom. The van der Waals surface area contributed by atoms with Crippen LogP contribution in [0.1, 0.15) is 5.56 Å². The number of nitrogens with one attached hydrogen (secondary N) is 1. The van der Waals surface area contributed by atoms with Gasteiger partial charge in [0.15, 0.2) is 0 Å². The molecule has 0 unspecified atom stereocenters. The summed E-state index contributed by atoms with van der Waals surface area (Å²) in [6, 6.07) is 11.6. The van der Waals surface area contributed by atoms with Crippen LogP contribution in [-0.2, 0) is 0 Å². The number of hydrogen-bond donors (Lipinski definition) is 2. The van der Waals surface area contributed by atoms with Crippen molar-refractivity contribution < 1.29 is 9.13 Å². The molecule has 3 N–H and O–H groups in total. The Kier molecular flexibility index (Phi) is 3.97. The maximum atomic E-state index is 13.1. The second-order valence-electron chi connectivity index (χ2n) is 3.91. The predicted octanol–water partition coefficient (Wildman–Crippen LogP) is 3.21. The highest BCUT2D eigenvalue weighted by Crippen LogP contribution is 2.28. The van der Waals surface area contributed by atoms with Crippen LogP contribution in [0.5, 0.6) is 5.75 Å². The van der Waals surface area contributed by atoms with E-state index in [1.807, 2.05) is 24.3 Å². The number of halogens is 1. The summed E-state index contributed by atoms with van der Waals surface area (Å²) in [5.41, 5.74) is 7.85. The van der Waals surface area contributed by atoms with Crippen molar-refractivity contribution in [1.82, 2.24) is 0 Å². The van der Waals surface area contributed by atoms with Crippen LogP contribution in [0.4, 0.5) is 15.8 Å². The van der Waals surface area contributed by atoms with Crippen LogP contribution in [-0.4, -0.2) is 12.1 Å². The zero-order valence-electron chi connectivity index (χ0n) is 10.3. The lowest BCUT2D eigenvalue weighted by atomic mass is 10.2. The molecular weight excluding hydrogens is 263 g/mol. The van der Waals surface area contributed by atoms with E-state index in [0.29, 0.717) is 16.4 Å². The SMILES string of the molecule is COc1cc(F)ccc1Nc1ccc(C(N)=S)cc1. The molecule has 0 amide bonds. The second kappa shape index (κ2) is 5.67. The van der Waals surface area contributed by atoms with E-state index in [-0.39, 0.29) is 5.82 Å². The molecule has 2 aromatic rings. The summed E-state index contributed by atoms with van der Waals surface area (Å²) in [5, 5.41) is 3.14. The molecule has 2 aromatic carbocycles. The third kappa shape index (κ3) is 3.20. The van der Waals surface area contributed by atoms with Crippen molar-refractivity contribution in [3.8, 4) is 5.75 Å². The molecule has 0 heterocycles. The van der Waals surface area contributed by atoms with Gasteiger partial charge in [-0.05, 0) is 36.4 Å². The van der Waals surface area contributed by atoms with E-state index in [1.54, 1.807) is 6.07 Å². The molecule has 0 radical (unpaired) electrons. The molecule has 0 fully saturated rings. The molecule has 0 aliphatic rings. The van der Waals surface area contributed by atoms with Crippen LogP contribution in [0.2, 0.25) is 0 Å². The van der Waals surface area contributed by atoms with Gasteiger partial charge in [-0.2, -0.15) is 0 Å². The Morgan fingerprint density at radius 3 is 2.47 bits per heavy atom. The van der Waals surface area contributed by atoms with Crippen molar-refractivity contribution in [3.63, 3.8) is 0 Å². The van der Waals surface area contributed by atoms with Crippen LogP contribution < -0.4 is 15.8 Å². The van der Waals surface area contributed by atoms with Crippen LogP contribution in [0.3, 0.4) is 0 Å². The number of ether oxygens (including phenoxy) is 1. The van der Waals surface area contributed by atoms with Gasteiger partial charge < -0.3 is 15.8 Å². The Balaban J connectivity index is 2.23. The van der Waals surface area contributed by atoms with Crippen LogP contribution >= 0.6 is 12.2 Å². The smallest absolute Gasteiger partial charge is 0.145 e. The van der Waals surface area contributed by atoms with Gasteiger partial charge in [0.2, 0.25) is 0 Å². The molecule has 98 valence electrons. The second-order valence-corrected chi connectivity index (χ2v) is 4.35. The first kappa shape index (κ1) is 13.3. The molecule has 0 bridgehead atoms. The number of hydrogen-bond acceptors (Lipinski definition) is 3. The van der Waals surface area contributed by atoms with Crippen LogP contribution in [0, 0.1) is 5.82 Å². The first-order valence-corrected chi connectivity index (χ1v) is 6.01. The van der Waals surface area contributed by atoms with Gasteiger partial charge in [0.1, 0.15) is 16.6 Å². The first-order valence-electron chi connectivity index (χ1n) is 5.60. The van der Waals surface area contributed by atoms with Gasteiger partial charge in [0.25, 0.3) is 0 Å². The summed E-state index contributed by atoms with van der Waals surface area (Å²) in [7, 11) is 1.50. The Labute approximate surface area is 116 Å². The Morgan fingerprint density at radius 2 is 1.89 bits per heavy atom. The van der Waals surface area contributed by atoms with Crippen molar-refractivity contribution in [2.24, 2.45) is 5.73 Å². The quantitative estimate of drug-likeness (QED) is 0.842. The Bertz CT molecular complexity index is 599. The molecule has 0 saturated heterocycles. The van der Waals surface area contributed by atoms with Crippen molar-refractivity contribution in [1.29, 1.82) is 0 Å². The van der Waals surface area contributed by atoms with Gasteiger partial charge in [0.05, 0.1) is 12.8 Å². The van der Waals surface area contributed by atoms with E-state index in [2.05, 4.69) is 5.32 Å². The number of nitrogens with two attached hydrogens (primary N) is 1. The minimum Gasteiger partial charge on any atom is -0.494 e. The minimum atomic E-state index is -0.341. The van der Waals surface area contributed by atoms with Gasteiger partial charge in [0, 0.05) is 17.3 Å². The lowest BCUT2D eigenvalue weighted by Gasteiger charge is -2.11. The fourth-order valence-electron chi connectivity index (χ4n) is 1.64. The fraction of sp³-hybridized carbons (Fsp3) is 0.0714. The highest BCUT2D eigenvalue weighted by molar-refractivity contribution is 7.80. The van der Waals surface area contributed by atoms with E-state index in [4.69, 9.17) is 22.7 Å². The number of anilines is 2. The maximum absolute atomic E-state index is 13.1. The summed E-state index contributed by atoms with van der Waals surface area (Å²) in [4.78, 5) is 0.353. The van der Waals surface area contributed by atoms with Crippen LogP contribution in [0.15, 0.2) is 42.5 Å². The predicted molar refractivity (Wildman–Crippen MR) is 78.6 cm³/mol. The van der Waals surface area contributed by atoms with Crippen LogP contribution in [0.25, 0.3) is 0 Å². The Hall–Kier alpha value is -2.14. The molecule has 0 saturated carbocycles. The van der Waals surface area contributed by atoms with E-state index in [9.17, 15) is 4.39 Å². The van der Waals surface area contributed by atoms with E-state index in [0.717, 1.165) is 11.3 Å². The fourth-order valence-corrected chi connectivity index (χ4v) is 1.78. The van der Waals surface area contributed by atoms with Crippen molar-refractivity contribution in [2.75, 3.05) is 12.4 Å². The van der Waals surface area contributed by atoms with Gasteiger partial charge >= 0.3 is 0 Å². The summed E-state index contributed by atoms with van der Waals surface area (Å²) in [6.07, 6.45) is 0. The van der Waals surface area contributed by atoms with Crippen molar-refractivity contribution in [2.45, 2.75) is 0 Å². The van der Waals surface area contributed by atoms with E-state index >= 15 is 0 Å².